The first-order valence-corrected chi connectivity index (χ1v) is 6.42. The van der Waals surface area contributed by atoms with Crippen molar-refractivity contribution in [2.45, 2.75) is 48.1 Å². The van der Waals surface area contributed by atoms with E-state index in [0.717, 1.165) is 11.1 Å². The zero-order chi connectivity index (χ0) is 13.7. The van der Waals surface area contributed by atoms with Crippen LogP contribution in [0.3, 0.4) is 0 Å². The van der Waals surface area contributed by atoms with Crippen molar-refractivity contribution in [3.05, 3.63) is 35.4 Å². The molecule has 0 spiro atoms. The predicted molar refractivity (Wildman–Crippen MR) is 74.5 cm³/mol. The summed E-state index contributed by atoms with van der Waals surface area (Å²) in [5.74, 6) is 0.0929. The molecule has 1 aromatic carbocycles. The van der Waals surface area contributed by atoms with Gasteiger partial charge in [0, 0.05) is 12.2 Å². The van der Waals surface area contributed by atoms with E-state index in [1.165, 1.54) is 0 Å². The lowest BCUT2D eigenvalue weighted by atomic mass is 10.1. The average molecular weight is 238 g/mol. The monoisotopic (exact) mass is 238 g/mol. The fourth-order valence-corrected chi connectivity index (χ4v) is 1.20. The Labute approximate surface area is 106 Å². The van der Waals surface area contributed by atoms with Gasteiger partial charge in [-0.15, -0.1) is 0 Å². The van der Waals surface area contributed by atoms with Gasteiger partial charge in [0.2, 0.25) is 0 Å². The van der Waals surface area contributed by atoms with E-state index >= 15 is 0 Å². The molecule has 0 aliphatic carbocycles. The van der Waals surface area contributed by atoms with E-state index in [0.29, 0.717) is 13.2 Å². The second kappa shape index (κ2) is 12.9. The number of ketones is 1. The average Bonchev–Trinajstić information content (AvgIpc) is 2.41. The van der Waals surface area contributed by atoms with Crippen LogP contribution in [0.5, 0.6) is 0 Å². The Morgan fingerprint density at radius 2 is 1.65 bits per heavy atom. The quantitative estimate of drug-likeness (QED) is 0.723. The van der Waals surface area contributed by atoms with Crippen LogP contribution in [0.15, 0.2) is 24.3 Å². The molecule has 0 unspecified atom stereocenters. The molecule has 2 heteroatoms. The third kappa shape index (κ3) is 7.70. The van der Waals surface area contributed by atoms with Gasteiger partial charge in [-0.2, -0.15) is 0 Å². The first kappa shape index (κ1) is 18.2. The Bertz CT molecular complexity index is 293. The molecule has 0 saturated carbocycles. The van der Waals surface area contributed by atoms with Crippen LogP contribution in [-0.4, -0.2) is 12.4 Å². The van der Waals surface area contributed by atoms with Gasteiger partial charge in [-0.3, -0.25) is 4.79 Å². The van der Waals surface area contributed by atoms with E-state index in [2.05, 4.69) is 0 Å². The summed E-state index contributed by atoms with van der Waals surface area (Å²) in [6.07, 6.45) is 0. The SMILES string of the molecule is CC.CC.CCOCc1ccccc1C(C)=O. The molecule has 0 N–H and O–H groups in total. The Hall–Kier alpha value is -1.15. The number of hydrogen-bond acceptors (Lipinski definition) is 2. The van der Waals surface area contributed by atoms with Gasteiger partial charge in [-0.25, -0.2) is 0 Å². The van der Waals surface area contributed by atoms with Crippen molar-refractivity contribution in [3.8, 4) is 0 Å². The number of benzene rings is 1. The third-order valence-electron chi connectivity index (χ3n) is 1.86. The van der Waals surface area contributed by atoms with Gasteiger partial charge >= 0.3 is 0 Å². The van der Waals surface area contributed by atoms with Gasteiger partial charge in [0.15, 0.2) is 5.78 Å². The van der Waals surface area contributed by atoms with Crippen molar-refractivity contribution in [1.29, 1.82) is 0 Å². The first-order valence-electron chi connectivity index (χ1n) is 6.42. The second-order valence-electron chi connectivity index (χ2n) is 2.85. The number of carbonyl (C=O) groups is 1. The minimum atomic E-state index is 0.0929. The predicted octanol–water partition coefficient (Wildman–Crippen LogP) is 4.48. The molecule has 0 aromatic heterocycles. The van der Waals surface area contributed by atoms with Crippen molar-refractivity contribution in [2.75, 3.05) is 6.61 Å². The summed E-state index contributed by atoms with van der Waals surface area (Å²) in [5.41, 5.74) is 1.73. The molecular weight excluding hydrogens is 212 g/mol. The van der Waals surface area contributed by atoms with Crippen molar-refractivity contribution in [2.24, 2.45) is 0 Å². The fourth-order valence-electron chi connectivity index (χ4n) is 1.20. The summed E-state index contributed by atoms with van der Waals surface area (Å²) in [7, 11) is 0. The molecular formula is C15H26O2. The molecule has 0 bridgehead atoms. The van der Waals surface area contributed by atoms with E-state index in [-0.39, 0.29) is 5.78 Å². The maximum atomic E-state index is 11.2. The van der Waals surface area contributed by atoms with Gasteiger partial charge in [-0.1, -0.05) is 52.0 Å². The topological polar surface area (TPSA) is 26.3 Å². The normalized spacial score (nSPS) is 8.35. The molecule has 0 aliphatic heterocycles. The van der Waals surface area contributed by atoms with Gasteiger partial charge < -0.3 is 4.74 Å². The van der Waals surface area contributed by atoms with E-state index < -0.39 is 0 Å². The number of hydrogen-bond donors (Lipinski definition) is 0. The van der Waals surface area contributed by atoms with E-state index in [1.807, 2.05) is 58.9 Å². The molecule has 17 heavy (non-hydrogen) atoms. The minimum absolute atomic E-state index is 0.0929. The van der Waals surface area contributed by atoms with Crippen molar-refractivity contribution in [3.63, 3.8) is 0 Å². The maximum Gasteiger partial charge on any atom is 0.160 e. The number of rotatable bonds is 4. The molecule has 98 valence electrons. The second-order valence-corrected chi connectivity index (χ2v) is 2.85. The first-order chi connectivity index (χ1) is 8.25. The lowest BCUT2D eigenvalue weighted by Crippen LogP contribution is -2.01. The van der Waals surface area contributed by atoms with Crippen LogP contribution in [0.25, 0.3) is 0 Å². The van der Waals surface area contributed by atoms with Crippen LogP contribution in [-0.2, 0) is 11.3 Å². The van der Waals surface area contributed by atoms with Crippen LogP contribution in [0.1, 0.15) is 57.5 Å². The highest BCUT2D eigenvalue weighted by Crippen LogP contribution is 2.10. The summed E-state index contributed by atoms with van der Waals surface area (Å²) < 4.78 is 5.26. The summed E-state index contributed by atoms with van der Waals surface area (Å²) in [6, 6.07) is 7.54. The van der Waals surface area contributed by atoms with Crippen molar-refractivity contribution in [1.82, 2.24) is 0 Å². The zero-order valence-electron chi connectivity index (χ0n) is 12.0. The smallest absolute Gasteiger partial charge is 0.160 e. The summed E-state index contributed by atoms with van der Waals surface area (Å²) in [5, 5.41) is 0. The van der Waals surface area contributed by atoms with Gasteiger partial charge in [0.1, 0.15) is 0 Å². The maximum absolute atomic E-state index is 11.2. The number of Topliss-reactive ketones (excluding diaryl/α,β-unsaturated/α-hetero) is 1. The Morgan fingerprint density at radius 1 is 1.12 bits per heavy atom. The molecule has 2 nitrogen and oxygen atoms in total. The largest absolute Gasteiger partial charge is 0.377 e. The fraction of sp³-hybridized carbons (Fsp3) is 0.533. The number of ether oxygens (including phenoxy) is 1. The molecule has 0 amide bonds. The van der Waals surface area contributed by atoms with Crippen LogP contribution in [0, 0.1) is 0 Å². The standard InChI is InChI=1S/C11H14O2.2C2H6/c1-3-13-8-10-6-4-5-7-11(10)9(2)12;2*1-2/h4-7H,3,8H2,1-2H3;2*1-2H3. The van der Waals surface area contributed by atoms with Crippen LogP contribution < -0.4 is 0 Å². The highest BCUT2D eigenvalue weighted by molar-refractivity contribution is 5.95. The van der Waals surface area contributed by atoms with E-state index in [4.69, 9.17) is 4.74 Å². The molecule has 0 radical (unpaired) electrons. The molecule has 1 rings (SSSR count). The lowest BCUT2D eigenvalue weighted by molar-refractivity contribution is 0.100. The van der Waals surface area contributed by atoms with Gasteiger partial charge in [0.25, 0.3) is 0 Å². The molecule has 0 aliphatic rings. The summed E-state index contributed by atoms with van der Waals surface area (Å²) in [4.78, 5) is 11.2. The number of carbonyl (C=O) groups excluding carboxylic acids is 1. The van der Waals surface area contributed by atoms with Gasteiger partial charge in [0.05, 0.1) is 6.61 Å². The summed E-state index contributed by atoms with van der Waals surface area (Å²) in [6.45, 7) is 12.7. The Morgan fingerprint density at radius 3 is 2.12 bits per heavy atom. The van der Waals surface area contributed by atoms with Crippen molar-refractivity contribution < 1.29 is 9.53 Å². The Kier molecular flexibility index (Phi) is 13.8. The lowest BCUT2D eigenvalue weighted by Gasteiger charge is -2.05. The van der Waals surface area contributed by atoms with Crippen LogP contribution >= 0.6 is 0 Å². The van der Waals surface area contributed by atoms with E-state index in [1.54, 1.807) is 6.92 Å². The third-order valence-corrected chi connectivity index (χ3v) is 1.86. The molecule has 1 aromatic rings. The highest BCUT2D eigenvalue weighted by atomic mass is 16.5. The summed E-state index contributed by atoms with van der Waals surface area (Å²) >= 11 is 0. The Balaban J connectivity index is 0. The van der Waals surface area contributed by atoms with Crippen LogP contribution in [0.4, 0.5) is 0 Å². The van der Waals surface area contributed by atoms with E-state index in [9.17, 15) is 4.79 Å². The van der Waals surface area contributed by atoms with Crippen molar-refractivity contribution >= 4 is 5.78 Å². The molecule has 0 saturated heterocycles. The minimum Gasteiger partial charge on any atom is -0.377 e. The zero-order valence-corrected chi connectivity index (χ0v) is 12.0. The molecule has 0 atom stereocenters. The highest BCUT2D eigenvalue weighted by Gasteiger charge is 2.04. The molecule has 0 heterocycles. The van der Waals surface area contributed by atoms with Gasteiger partial charge in [-0.05, 0) is 19.4 Å². The van der Waals surface area contributed by atoms with Crippen LogP contribution in [0.2, 0.25) is 0 Å². The molecule has 0 fully saturated rings.